The Kier molecular flexibility index (Phi) is 8.87. The van der Waals surface area contributed by atoms with E-state index in [9.17, 15) is 14.9 Å². The number of thiophene rings is 1. The normalized spacial score (nSPS) is 11.1. The van der Waals surface area contributed by atoms with Gasteiger partial charge in [-0.2, -0.15) is 5.26 Å². The van der Waals surface area contributed by atoms with E-state index in [1.54, 1.807) is 30.5 Å². The minimum atomic E-state index is -0.637. The average molecular weight is 505 g/mol. The summed E-state index contributed by atoms with van der Waals surface area (Å²) in [6.45, 7) is 7.70. The lowest BCUT2D eigenvalue weighted by molar-refractivity contribution is -0.112. The fourth-order valence-corrected chi connectivity index (χ4v) is 4.36. The molecule has 8 heteroatoms. The first-order valence-electron chi connectivity index (χ1n) is 11.4. The van der Waals surface area contributed by atoms with Crippen molar-refractivity contribution in [3.05, 3.63) is 70.1 Å². The van der Waals surface area contributed by atoms with Crippen molar-refractivity contribution < 1.29 is 23.8 Å². The Morgan fingerprint density at radius 3 is 2.47 bits per heavy atom. The molecule has 0 radical (unpaired) electrons. The molecule has 186 valence electrons. The third-order valence-corrected chi connectivity index (χ3v) is 5.98. The van der Waals surface area contributed by atoms with Crippen LogP contribution < -0.4 is 14.8 Å². The number of anilines is 1. The van der Waals surface area contributed by atoms with E-state index in [-0.39, 0.29) is 23.8 Å². The van der Waals surface area contributed by atoms with Crippen LogP contribution in [0.1, 0.15) is 42.3 Å². The average Bonchev–Trinajstić information content (AvgIpc) is 3.26. The minimum Gasteiger partial charge on any atom is -0.493 e. The number of nitrogens with one attached hydrogen (secondary N) is 1. The molecule has 0 aliphatic heterocycles. The van der Waals surface area contributed by atoms with Gasteiger partial charge in [0.1, 0.15) is 22.2 Å². The molecule has 0 aliphatic rings. The standard InChI is InChI=1S/C28H28N2O5S/c1-6-34-28(32)25-22(20-10-7-18(4)8-11-20)16-36-27(25)30-26(31)21(15-29)13-19-9-12-23(35-17(2)3)24(14-19)33-5/h7-14,16-17H,6H2,1-5H3,(H,30,31). The van der Waals surface area contributed by atoms with E-state index in [1.807, 2.05) is 51.1 Å². The van der Waals surface area contributed by atoms with E-state index in [4.69, 9.17) is 14.2 Å². The number of nitrogens with zero attached hydrogens (tertiary/aromatic N) is 1. The third kappa shape index (κ3) is 6.32. The summed E-state index contributed by atoms with van der Waals surface area (Å²) >= 11 is 1.20. The number of amides is 1. The van der Waals surface area contributed by atoms with Crippen LogP contribution in [0.3, 0.4) is 0 Å². The molecule has 1 aromatic heterocycles. The lowest BCUT2D eigenvalue weighted by Crippen LogP contribution is -2.16. The van der Waals surface area contributed by atoms with Crippen molar-refractivity contribution in [3.8, 4) is 28.7 Å². The van der Waals surface area contributed by atoms with Crippen molar-refractivity contribution in [1.29, 1.82) is 5.26 Å². The molecule has 0 spiro atoms. The number of methoxy groups -OCH3 is 1. The molecule has 7 nitrogen and oxygen atoms in total. The van der Waals surface area contributed by atoms with Crippen molar-refractivity contribution in [2.75, 3.05) is 19.0 Å². The predicted octanol–water partition coefficient (Wildman–Crippen LogP) is 6.24. The fourth-order valence-electron chi connectivity index (χ4n) is 3.41. The van der Waals surface area contributed by atoms with Crippen LogP contribution in [-0.2, 0) is 9.53 Å². The molecule has 0 saturated heterocycles. The number of aryl methyl sites for hydroxylation is 1. The van der Waals surface area contributed by atoms with Gasteiger partial charge < -0.3 is 19.5 Å². The molecule has 3 aromatic rings. The third-order valence-electron chi connectivity index (χ3n) is 5.09. The second-order valence-electron chi connectivity index (χ2n) is 8.14. The lowest BCUT2D eigenvalue weighted by Gasteiger charge is -2.14. The number of esters is 1. The molecule has 0 unspecified atom stereocenters. The Labute approximate surface area is 214 Å². The second kappa shape index (κ2) is 12.0. The second-order valence-corrected chi connectivity index (χ2v) is 9.02. The molecule has 1 heterocycles. The van der Waals surface area contributed by atoms with E-state index in [2.05, 4.69) is 5.32 Å². The Balaban J connectivity index is 1.93. The Hall–Kier alpha value is -4.09. The largest absolute Gasteiger partial charge is 0.493 e. The summed E-state index contributed by atoms with van der Waals surface area (Å²) in [4.78, 5) is 25.8. The maximum absolute atomic E-state index is 13.0. The van der Waals surface area contributed by atoms with Crippen LogP contribution in [0.25, 0.3) is 17.2 Å². The van der Waals surface area contributed by atoms with Gasteiger partial charge in [-0.1, -0.05) is 35.9 Å². The molecule has 2 aromatic carbocycles. The molecule has 1 amide bonds. The SMILES string of the molecule is CCOC(=O)c1c(-c2ccc(C)cc2)csc1NC(=O)C(C#N)=Cc1ccc(OC(C)C)c(OC)c1. The number of ether oxygens (including phenoxy) is 3. The summed E-state index contributed by atoms with van der Waals surface area (Å²) in [7, 11) is 1.52. The van der Waals surface area contributed by atoms with Crippen molar-refractivity contribution in [2.45, 2.75) is 33.8 Å². The highest BCUT2D eigenvalue weighted by molar-refractivity contribution is 7.15. The Morgan fingerprint density at radius 2 is 1.86 bits per heavy atom. The summed E-state index contributed by atoms with van der Waals surface area (Å²) < 4.78 is 16.4. The number of nitriles is 1. The van der Waals surface area contributed by atoms with Gasteiger partial charge in [0.25, 0.3) is 5.91 Å². The molecule has 0 bridgehead atoms. The Bertz CT molecular complexity index is 1320. The molecular weight excluding hydrogens is 476 g/mol. The maximum Gasteiger partial charge on any atom is 0.341 e. The van der Waals surface area contributed by atoms with E-state index < -0.39 is 11.9 Å². The van der Waals surface area contributed by atoms with Gasteiger partial charge in [0, 0.05) is 10.9 Å². The van der Waals surface area contributed by atoms with Gasteiger partial charge in [0.05, 0.1) is 19.8 Å². The number of benzene rings is 2. The molecule has 36 heavy (non-hydrogen) atoms. The fraction of sp³-hybridized carbons (Fsp3) is 0.250. The van der Waals surface area contributed by atoms with E-state index in [1.165, 1.54) is 24.5 Å². The topological polar surface area (TPSA) is 97.7 Å². The molecule has 1 N–H and O–H groups in total. The first kappa shape index (κ1) is 26.5. The number of hydrogen-bond acceptors (Lipinski definition) is 7. The van der Waals surface area contributed by atoms with Crippen molar-refractivity contribution in [1.82, 2.24) is 0 Å². The van der Waals surface area contributed by atoms with E-state index in [0.717, 1.165) is 11.1 Å². The summed E-state index contributed by atoms with van der Waals surface area (Å²) in [5.41, 5.74) is 3.29. The Morgan fingerprint density at radius 1 is 1.14 bits per heavy atom. The highest BCUT2D eigenvalue weighted by Crippen LogP contribution is 2.37. The van der Waals surface area contributed by atoms with Gasteiger partial charge in [-0.3, -0.25) is 4.79 Å². The van der Waals surface area contributed by atoms with Crippen LogP contribution in [0.15, 0.2) is 53.4 Å². The van der Waals surface area contributed by atoms with E-state index in [0.29, 0.717) is 27.6 Å². The monoisotopic (exact) mass is 504 g/mol. The van der Waals surface area contributed by atoms with Crippen molar-refractivity contribution in [3.63, 3.8) is 0 Å². The predicted molar refractivity (Wildman–Crippen MR) is 141 cm³/mol. The maximum atomic E-state index is 13.0. The zero-order chi connectivity index (χ0) is 26.2. The highest BCUT2D eigenvalue weighted by Gasteiger charge is 2.24. The quantitative estimate of drug-likeness (QED) is 0.210. The molecule has 3 rings (SSSR count). The molecule has 0 saturated carbocycles. The van der Waals surface area contributed by atoms with Gasteiger partial charge in [-0.05, 0) is 57.0 Å². The van der Waals surface area contributed by atoms with Gasteiger partial charge in [0.2, 0.25) is 0 Å². The number of rotatable bonds is 9. The summed E-state index contributed by atoms with van der Waals surface area (Å²) in [6.07, 6.45) is 1.42. The van der Waals surface area contributed by atoms with Crippen LogP contribution >= 0.6 is 11.3 Å². The van der Waals surface area contributed by atoms with Gasteiger partial charge in [-0.25, -0.2) is 4.79 Å². The molecular formula is C28H28N2O5S. The van der Waals surface area contributed by atoms with Gasteiger partial charge >= 0.3 is 5.97 Å². The van der Waals surface area contributed by atoms with Crippen molar-refractivity contribution >= 4 is 34.3 Å². The zero-order valence-corrected chi connectivity index (χ0v) is 21.7. The lowest BCUT2D eigenvalue weighted by atomic mass is 10.0. The number of carbonyl (C=O) groups excluding carboxylic acids is 2. The first-order valence-corrected chi connectivity index (χ1v) is 12.3. The van der Waals surface area contributed by atoms with E-state index >= 15 is 0 Å². The first-order chi connectivity index (χ1) is 17.3. The van der Waals surface area contributed by atoms with Crippen LogP contribution in [0.4, 0.5) is 5.00 Å². The van der Waals surface area contributed by atoms with Crippen LogP contribution in [-0.4, -0.2) is 31.7 Å². The molecule has 0 fully saturated rings. The van der Waals surface area contributed by atoms with Crippen LogP contribution in [0.5, 0.6) is 11.5 Å². The summed E-state index contributed by atoms with van der Waals surface area (Å²) in [5.74, 6) is -0.130. The zero-order valence-electron chi connectivity index (χ0n) is 20.9. The number of carbonyl (C=O) groups is 2. The van der Waals surface area contributed by atoms with Gasteiger partial charge in [0.15, 0.2) is 11.5 Å². The molecule has 0 atom stereocenters. The van der Waals surface area contributed by atoms with Gasteiger partial charge in [-0.15, -0.1) is 11.3 Å². The summed E-state index contributed by atoms with van der Waals surface area (Å²) in [5, 5.41) is 14.5. The highest BCUT2D eigenvalue weighted by atomic mass is 32.1. The van der Waals surface area contributed by atoms with Crippen LogP contribution in [0.2, 0.25) is 0 Å². The van der Waals surface area contributed by atoms with Crippen LogP contribution in [0, 0.1) is 18.3 Å². The van der Waals surface area contributed by atoms with Crippen molar-refractivity contribution in [2.24, 2.45) is 0 Å². The number of hydrogen-bond donors (Lipinski definition) is 1. The molecule has 0 aliphatic carbocycles. The summed E-state index contributed by atoms with van der Waals surface area (Å²) in [6, 6.07) is 14.8. The smallest absolute Gasteiger partial charge is 0.341 e. The minimum absolute atomic E-state index is 0.0371.